The molecule has 1 aliphatic heterocycles. The SMILES string of the molecule is CNC(=O)CN1CCC(NC(=O)C2C3CCC(C3)C2N)CC1.Cl.Cl. The topological polar surface area (TPSA) is 87.5 Å². The number of halogens is 2. The highest BCUT2D eigenvalue weighted by molar-refractivity contribution is 5.85. The van der Waals surface area contributed by atoms with Crippen molar-refractivity contribution in [2.24, 2.45) is 23.5 Å². The van der Waals surface area contributed by atoms with Crippen LogP contribution in [0.3, 0.4) is 0 Å². The highest BCUT2D eigenvalue weighted by atomic mass is 35.5. The normalized spacial score (nSPS) is 32.6. The van der Waals surface area contributed by atoms with E-state index in [4.69, 9.17) is 5.73 Å². The first kappa shape index (κ1) is 21.5. The standard InChI is InChI=1S/C16H28N4O2.2ClH/c1-18-13(21)9-20-6-4-12(5-7-20)19-16(22)14-10-2-3-11(8-10)15(14)17;;/h10-12,14-15H,2-9,17H2,1H3,(H,18,21)(H,19,22);2*1H. The molecule has 4 atom stereocenters. The number of likely N-dealkylation sites (tertiary alicyclic amines) is 1. The van der Waals surface area contributed by atoms with E-state index in [2.05, 4.69) is 15.5 Å². The molecule has 0 spiro atoms. The minimum absolute atomic E-state index is 0. The van der Waals surface area contributed by atoms with Crippen LogP contribution >= 0.6 is 24.8 Å². The molecule has 2 bridgehead atoms. The van der Waals surface area contributed by atoms with E-state index in [0.29, 0.717) is 18.4 Å². The average molecular weight is 381 g/mol. The summed E-state index contributed by atoms with van der Waals surface area (Å²) in [5.74, 6) is 1.33. The predicted octanol–water partition coefficient (Wildman–Crippen LogP) is 0.530. The molecule has 24 heavy (non-hydrogen) atoms. The number of nitrogens with one attached hydrogen (secondary N) is 2. The van der Waals surface area contributed by atoms with Crippen molar-refractivity contribution in [1.29, 1.82) is 0 Å². The van der Waals surface area contributed by atoms with Gasteiger partial charge in [0, 0.05) is 32.2 Å². The second kappa shape index (κ2) is 9.22. The number of nitrogens with zero attached hydrogens (tertiary/aromatic N) is 1. The highest BCUT2D eigenvalue weighted by Crippen LogP contribution is 2.47. The minimum Gasteiger partial charge on any atom is -0.358 e. The number of hydrogen-bond donors (Lipinski definition) is 3. The molecule has 3 rings (SSSR count). The number of carbonyl (C=O) groups excluding carboxylic acids is 2. The Morgan fingerprint density at radius 3 is 2.25 bits per heavy atom. The van der Waals surface area contributed by atoms with E-state index >= 15 is 0 Å². The summed E-state index contributed by atoms with van der Waals surface area (Å²) in [6, 6.07) is 0.298. The largest absolute Gasteiger partial charge is 0.358 e. The van der Waals surface area contributed by atoms with Crippen molar-refractivity contribution in [3.8, 4) is 0 Å². The molecule has 0 aromatic rings. The number of carbonyl (C=O) groups is 2. The van der Waals surface area contributed by atoms with Crippen molar-refractivity contribution in [1.82, 2.24) is 15.5 Å². The van der Waals surface area contributed by atoms with E-state index in [1.54, 1.807) is 7.05 Å². The van der Waals surface area contributed by atoms with Gasteiger partial charge in [-0.15, -0.1) is 24.8 Å². The first-order chi connectivity index (χ1) is 10.6. The number of nitrogens with two attached hydrogens (primary N) is 1. The van der Waals surface area contributed by atoms with Crippen LogP contribution in [0.25, 0.3) is 0 Å². The Balaban J connectivity index is 0.00000144. The van der Waals surface area contributed by atoms with Gasteiger partial charge in [0.2, 0.25) is 11.8 Å². The summed E-state index contributed by atoms with van der Waals surface area (Å²) in [5.41, 5.74) is 6.25. The lowest BCUT2D eigenvalue weighted by atomic mass is 9.84. The second-order valence-corrected chi connectivity index (χ2v) is 7.17. The van der Waals surface area contributed by atoms with Crippen molar-refractivity contribution in [2.75, 3.05) is 26.7 Å². The van der Waals surface area contributed by atoms with E-state index < -0.39 is 0 Å². The Kier molecular flexibility index (Phi) is 8.26. The maximum atomic E-state index is 12.6. The van der Waals surface area contributed by atoms with Crippen LogP contribution in [0.4, 0.5) is 0 Å². The van der Waals surface area contributed by atoms with Crippen molar-refractivity contribution >= 4 is 36.6 Å². The molecule has 1 heterocycles. The summed E-state index contributed by atoms with van der Waals surface area (Å²) >= 11 is 0. The van der Waals surface area contributed by atoms with Gasteiger partial charge in [-0.3, -0.25) is 14.5 Å². The number of piperidine rings is 1. The van der Waals surface area contributed by atoms with Gasteiger partial charge in [0.15, 0.2) is 0 Å². The highest BCUT2D eigenvalue weighted by Gasteiger charge is 2.49. The van der Waals surface area contributed by atoms with E-state index in [-0.39, 0.29) is 54.6 Å². The predicted molar refractivity (Wildman–Crippen MR) is 98.5 cm³/mol. The summed E-state index contributed by atoms with van der Waals surface area (Å²) in [6.07, 6.45) is 5.34. The molecule has 0 aromatic carbocycles. The molecule has 4 N–H and O–H groups in total. The molecule has 0 aromatic heterocycles. The molecule has 4 unspecified atom stereocenters. The third-order valence-corrected chi connectivity index (χ3v) is 5.86. The Hall–Kier alpha value is -0.560. The summed E-state index contributed by atoms with van der Waals surface area (Å²) in [5, 5.41) is 5.87. The van der Waals surface area contributed by atoms with Crippen LogP contribution in [0.2, 0.25) is 0 Å². The summed E-state index contributed by atoms with van der Waals surface area (Å²) in [4.78, 5) is 26.1. The maximum Gasteiger partial charge on any atom is 0.233 e. The zero-order valence-corrected chi connectivity index (χ0v) is 15.8. The number of likely N-dealkylation sites (N-methyl/N-ethyl adjacent to an activating group) is 1. The van der Waals surface area contributed by atoms with Crippen LogP contribution in [0.15, 0.2) is 0 Å². The molecule has 0 radical (unpaired) electrons. The van der Waals surface area contributed by atoms with Gasteiger partial charge >= 0.3 is 0 Å². The molecule has 2 amide bonds. The molecule has 6 nitrogen and oxygen atoms in total. The van der Waals surface area contributed by atoms with E-state index in [1.165, 1.54) is 12.8 Å². The fourth-order valence-electron chi connectivity index (χ4n) is 4.54. The van der Waals surface area contributed by atoms with Crippen molar-refractivity contribution in [3.63, 3.8) is 0 Å². The van der Waals surface area contributed by atoms with Gasteiger partial charge in [0.05, 0.1) is 12.5 Å². The second-order valence-electron chi connectivity index (χ2n) is 7.17. The van der Waals surface area contributed by atoms with Crippen LogP contribution < -0.4 is 16.4 Å². The third kappa shape index (κ3) is 4.54. The molecule has 2 aliphatic carbocycles. The van der Waals surface area contributed by atoms with Gasteiger partial charge in [0.25, 0.3) is 0 Å². The van der Waals surface area contributed by atoms with E-state index in [9.17, 15) is 9.59 Å². The van der Waals surface area contributed by atoms with E-state index in [1.807, 2.05) is 0 Å². The average Bonchev–Trinajstić information content (AvgIpc) is 3.10. The molecule has 140 valence electrons. The fraction of sp³-hybridized carbons (Fsp3) is 0.875. The first-order valence-corrected chi connectivity index (χ1v) is 8.57. The number of hydrogen-bond acceptors (Lipinski definition) is 4. The molecule has 3 aliphatic rings. The van der Waals surface area contributed by atoms with Crippen LogP contribution in [-0.4, -0.2) is 55.5 Å². The van der Waals surface area contributed by atoms with Crippen molar-refractivity contribution in [2.45, 2.75) is 44.2 Å². The molecular formula is C16H30Cl2N4O2. The molecule has 8 heteroatoms. The Labute approximate surface area is 156 Å². The van der Waals surface area contributed by atoms with Crippen LogP contribution in [0.5, 0.6) is 0 Å². The number of fused-ring (bicyclic) bond motifs is 2. The third-order valence-electron chi connectivity index (χ3n) is 5.86. The van der Waals surface area contributed by atoms with Crippen molar-refractivity contribution < 1.29 is 9.59 Å². The van der Waals surface area contributed by atoms with Gasteiger partial charge < -0.3 is 16.4 Å². The van der Waals surface area contributed by atoms with Crippen LogP contribution in [0.1, 0.15) is 32.1 Å². The van der Waals surface area contributed by atoms with E-state index in [0.717, 1.165) is 32.4 Å². The van der Waals surface area contributed by atoms with Crippen LogP contribution in [-0.2, 0) is 9.59 Å². The Bertz CT molecular complexity index is 442. The van der Waals surface area contributed by atoms with Crippen LogP contribution in [0, 0.1) is 17.8 Å². The molecule has 3 fully saturated rings. The molecule has 2 saturated carbocycles. The summed E-state index contributed by atoms with van der Waals surface area (Å²) < 4.78 is 0. The lowest BCUT2D eigenvalue weighted by molar-refractivity contribution is -0.128. The summed E-state index contributed by atoms with van der Waals surface area (Å²) in [6.45, 7) is 2.18. The number of amides is 2. The first-order valence-electron chi connectivity index (χ1n) is 8.57. The van der Waals surface area contributed by atoms with Crippen molar-refractivity contribution in [3.05, 3.63) is 0 Å². The number of rotatable bonds is 4. The summed E-state index contributed by atoms with van der Waals surface area (Å²) in [7, 11) is 1.66. The van der Waals surface area contributed by atoms with Gasteiger partial charge in [-0.05, 0) is 43.9 Å². The lowest BCUT2D eigenvalue weighted by Crippen LogP contribution is -2.51. The van der Waals surface area contributed by atoms with Gasteiger partial charge in [-0.1, -0.05) is 0 Å². The fourth-order valence-corrected chi connectivity index (χ4v) is 4.54. The van der Waals surface area contributed by atoms with Gasteiger partial charge in [-0.25, -0.2) is 0 Å². The Morgan fingerprint density at radius 1 is 1.08 bits per heavy atom. The smallest absolute Gasteiger partial charge is 0.233 e. The Morgan fingerprint density at radius 2 is 1.71 bits per heavy atom. The maximum absolute atomic E-state index is 12.6. The quantitative estimate of drug-likeness (QED) is 0.663. The molecular weight excluding hydrogens is 351 g/mol. The van der Waals surface area contributed by atoms with Gasteiger partial charge in [-0.2, -0.15) is 0 Å². The zero-order chi connectivity index (χ0) is 15.7. The van der Waals surface area contributed by atoms with Gasteiger partial charge in [0.1, 0.15) is 0 Å². The lowest BCUT2D eigenvalue weighted by Gasteiger charge is -2.34. The molecule has 1 saturated heterocycles. The zero-order valence-electron chi connectivity index (χ0n) is 14.2. The monoisotopic (exact) mass is 380 g/mol. The minimum atomic E-state index is 0.